The van der Waals surface area contributed by atoms with Crippen LogP contribution in [0.15, 0.2) is 90.0 Å². The third kappa shape index (κ3) is 3.24. The highest BCUT2D eigenvalue weighted by atomic mass is 35.5. The zero-order valence-corrected chi connectivity index (χ0v) is 15.1. The van der Waals surface area contributed by atoms with Crippen molar-refractivity contribution in [2.24, 2.45) is 5.10 Å². The van der Waals surface area contributed by atoms with Crippen LogP contribution in [0.5, 0.6) is 0 Å². The molecule has 1 aliphatic rings. The van der Waals surface area contributed by atoms with Crippen LogP contribution in [0.2, 0.25) is 0 Å². The molecule has 0 unspecified atom stereocenters. The molecule has 5 heteroatoms. The number of para-hydroxylation sites is 1. The molecule has 0 fully saturated rings. The summed E-state index contributed by atoms with van der Waals surface area (Å²) >= 11 is 6.92. The fourth-order valence-electron chi connectivity index (χ4n) is 3.16. The van der Waals surface area contributed by atoms with E-state index in [1.807, 2.05) is 60.7 Å². The zero-order chi connectivity index (χ0) is 18.9. The predicted octanol–water partition coefficient (Wildman–Crippen LogP) is 4.80. The summed E-state index contributed by atoms with van der Waals surface area (Å²) in [6.45, 7) is 0. The smallest absolute Gasteiger partial charge is 0.270 e. The minimum atomic E-state index is -1.37. The van der Waals surface area contributed by atoms with Gasteiger partial charge in [0.15, 0.2) is 4.87 Å². The van der Waals surface area contributed by atoms with Gasteiger partial charge in [-0.2, -0.15) is 10.1 Å². The van der Waals surface area contributed by atoms with Crippen molar-refractivity contribution >= 4 is 28.9 Å². The summed E-state index contributed by atoms with van der Waals surface area (Å²) in [4.78, 5) is 11.9. The van der Waals surface area contributed by atoms with Gasteiger partial charge in [-0.25, -0.2) is 4.39 Å². The van der Waals surface area contributed by atoms with E-state index in [1.54, 1.807) is 12.1 Å². The number of anilines is 1. The second-order valence-corrected chi connectivity index (χ2v) is 7.02. The molecule has 0 N–H and O–H groups in total. The van der Waals surface area contributed by atoms with Gasteiger partial charge in [0.25, 0.3) is 5.91 Å². The maximum Gasteiger partial charge on any atom is 0.275 e. The summed E-state index contributed by atoms with van der Waals surface area (Å²) in [6.07, 6.45) is 0.213. The Hall–Kier alpha value is -2.98. The van der Waals surface area contributed by atoms with Gasteiger partial charge in [0.2, 0.25) is 0 Å². The first kappa shape index (κ1) is 17.4. The van der Waals surface area contributed by atoms with Crippen LogP contribution in [-0.2, 0) is 11.2 Å². The maximum absolute atomic E-state index is 13.3. The number of carbonyl (C=O) groups excluding carboxylic acids is 1. The number of hydrogen-bond donors (Lipinski definition) is 0. The van der Waals surface area contributed by atoms with Crippen molar-refractivity contribution in [2.45, 2.75) is 11.3 Å². The Kier molecular flexibility index (Phi) is 4.50. The molecule has 0 bridgehead atoms. The van der Waals surface area contributed by atoms with Crippen molar-refractivity contribution in [2.75, 3.05) is 5.01 Å². The molecule has 1 aliphatic heterocycles. The zero-order valence-electron chi connectivity index (χ0n) is 14.3. The Balaban J connectivity index is 1.79. The molecule has 0 aromatic heterocycles. The van der Waals surface area contributed by atoms with Crippen molar-refractivity contribution in [3.63, 3.8) is 0 Å². The number of nitrogens with zero attached hydrogens (tertiary/aromatic N) is 2. The summed E-state index contributed by atoms with van der Waals surface area (Å²) in [6, 6.07) is 24.6. The molecule has 1 amide bonds. The monoisotopic (exact) mass is 378 g/mol. The van der Waals surface area contributed by atoms with Gasteiger partial charge >= 0.3 is 0 Å². The lowest BCUT2D eigenvalue weighted by atomic mass is 9.89. The van der Waals surface area contributed by atoms with Crippen molar-refractivity contribution in [3.8, 4) is 0 Å². The Bertz CT molecular complexity index is 990. The molecule has 3 nitrogen and oxygen atoms in total. The Morgan fingerprint density at radius 2 is 1.48 bits per heavy atom. The number of amides is 1. The lowest BCUT2D eigenvalue weighted by Crippen LogP contribution is -2.43. The van der Waals surface area contributed by atoms with E-state index in [0.29, 0.717) is 11.4 Å². The standard InChI is InChI=1S/C22H16ClFN2O/c23-22(15-16-11-13-18(24)14-12-16)20(17-7-3-1-4-8-17)25-26(21(22)27)19-9-5-2-6-10-19/h1-14H,15H2/t22-/m1/s1. The summed E-state index contributed by atoms with van der Waals surface area (Å²) in [5, 5.41) is 5.92. The molecule has 1 heterocycles. The molecule has 0 saturated carbocycles. The largest absolute Gasteiger partial charge is 0.275 e. The van der Waals surface area contributed by atoms with Crippen LogP contribution in [0.3, 0.4) is 0 Å². The quantitative estimate of drug-likeness (QED) is 0.600. The van der Waals surface area contributed by atoms with Crippen molar-refractivity contribution in [1.29, 1.82) is 0 Å². The molecule has 1 atom stereocenters. The first-order valence-electron chi connectivity index (χ1n) is 8.55. The average molecular weight is 379 g/mol. The van der Waals surface area contributed by atoms with Gasteiger partial charge in [0, 0.05) is 12.0 Å². The molecule has 0 spiro atoms. The third-order valence-electron chi connectivity index (χ3n) is 4.52. The van der Waals surface area contributed by atoms with Crippen LogP contribution in [-0.4, -0.2) is 16.5 Å². The average Bonchev–Trinajstić information content (AvgIpc) is 2.96. The van der Waals surface area contributed by atoms with Crippen LogP contribution in [0.25, 0.3) is 0 Å². The molecular formula is C22H16ClFN2O. The summed E-state index contributed by atoms with van der Waals surface area (Å²) in [5.41, 5.74) is 2.68. The summed E-state index contributed by atoms with van der Waals surface area (Å²) in [7, 11) is 0. The van der Waals surface area contributed by atoms with E-state index in [0.717, 1.165) is 11.1 Å². The van der Waals surface area contributed by atoms with E-state index in [4.69, 9.17) is 11.6 Å². The fraction of sp³-hybridized carbons (Fsp3) is 0.0909. The molecule has 0 saturated heterocycles. The number of alkyl halides is 1. The Morgan fingerprint density at radius 3 is 2.11 bits per heavy atom. The van der Waals surface area contributed by atoms with E-state index < -0.39 is 4.87 Å². The molecular weight excluding hydrogens is 363 g/mol. The number of rotatable bonds is 4. The SMILES string of the molecule is O=C1N(c2ccccc2)N=C(c2ccccc2)[C@]1(Cl)Cc1ccc(F)cc1. The van der Waals surface area contributed by atoms with Crippen molar-refractivity contribution < 1.29 is 9.18 Å². The van der Waals surface area contributed by atoms with Crippen molar-refractivity contribution in [3.05, 3.63) is 102 Å². The normalized spacial score (nSPS) is 19.3. The second kappa shape index (κ2) is 6.97. The highest BCUT2D eigenvalue weighted by Gasteiger charge is 2.50. The van der Waals surface area contributed by atoms with Crippen LogP contribution < -0.4 is 5.01 Å². The highest BCUT2D eigenvalue weighted by molar-refractivity contribution is 6.53. The number of carbonyl (C=O) groups is 1. The van der Waals surface area contributed by atoms with Gasteiger partial charge < -0.3 is 0 Å². The van der Waals surface area contributed by atoms with Gasteiger partial charge in [0.1, 0.15) is 5.82 Å². The lowest BCUT2D eigenvalue weighted by Gasteiger charge is -2.22. The molecule has 3 aromatic rings. The maximum atomic E-state index is 13.3. The number of hydrogen-bond acceptors (Lipinski definition) is 2. The number of halogens is 2. The number of hydrazone groups is 1. The molecule has 134 valence electrons. The first-order chi connectivity index (χ1) is 13.1. The van der Waals surface area contributed by atoms with Crippen LogP contribution >= 0.6 is 11.6 Å². The van der Waals surface area contributed by atoms with Gasteiger partial charge in [0.05, 0.1) is 11.4 Å². The Labute approximate surface area is 161 Å². The van der Waals surface area contributed by atoms with E-state index in [2.05, 4.69) is 5.10 Å². The molecule has 27 heavy (non-hydrogen) atoms. The second-order valence-electron chi connectivity index (χ2n) is 6.37. The van der Waals surface area contributed by atoms with E-state index in [-0.39, 0.29) is 18.1 Å². The van der Waals surface area contributed by atoms with E-state index >= 15 is 0 Å². The minimum Gasteiger partial charge on any atom is -0.270 e. The topological polar surface area (TPSA) is 32.7 Å². The molecule has 0 radical (unpaired) electrons. The first-order valence-corrected chi connectivity index (χ1v) is 8.93. The van der Waals surface area contributed by atoms with Crippen LogP contribution in [0.1, 0.15) is 11.1 Å². The highest BCUT2D eigenvalue weighted by Crippen LogP contribution is 2.36. The van der Waals surface area contributed by atoms with E-state index in [9.17, 15) is 9.18 Å². The van der Waals surface area contributed by atoms with Gasteiger partial charge in [-0.05, 0) is 29.8 Å². The van der Waals surface area contributed by atoms with Gasteiger partial charge in [-0.1, -0.05) is 60.7 Å². The fourth-order valence-corrected chi connectivity index (χ4v) is 3.54. The molecule has 0 aliphatic carbocycles. The molecule has 3 aromatic carbocycles. The van der Waals surface area contributed by atoms with Crippen molar-refractivity contribution in [1.82, 2.24) is 0 Å². The summed E-state index contributed by atoms with van der Waals surface area (Å²) in [5.74, 6) is -0.651. The summed E-state index contributed by atoms with van der Waals surface area (Å²) < 4.78 is 13.3. The number of benzene rings is 3. The predicted molar refractivity (Wildman–Crippen MR) is 106 cm³/mol. The lowest BCUT2D eigenvalue weighted by molar-refractivity contribution is -0.118. The minimum absolute atomic E-state index is 0.213. The van der Waals surface area contributed by atoms with E-state index in [1.165, 1.54) is 17.1 Å². The van der Waals surface area contributed by atoms with Crippen LogP contribution in [0, 0.1) is 5.82 Å². The Morgan fingerprint density at radius 1 is 0.889 bits per heavy atom. The molecule has 4 rings (SSSR count). The van der Waals surface area contributed by atoms with Crippen LogP contribution in [0.4, 0.5) is 10.1 Å². The van der Waals surface area contributed by atoms with Gasteiger partial charge in [-0.15, -0.1) is 11.6 Å². The van der Waals surface area contributed by atoms with Gasteiger partial charge in [-0.3, -0.25) is 4.79 Å². The third-order valence-corrected chi connectivity index (χ3v) is 4.99.